The van der Waals surface area contributed by atoms with Crippen LogP contribution in [0.5, 0.6) is 0 Å². The Kier molecular flexibility index (Phi) is 6.23. The van der Waals surface area contributed by atoms with Crippen molar-refractivity contribution in [3.8, 4) is 0 Å². The average molecular weight is 405 g/mol. The average Bonchev–Trinajstić information content (AvgIpc) is 2.79. The molecule has 3 N–H and O–H groups in total. The van der Waals surface area contributed by atoms with Gasteiger partial charge in [-0.1, -0.05) is 18.2 Å². The SMILES string of the molecule is NC(CC(=O)N1CCCC2CCCC=C21)c1ccc(C(=O)Nc2ccncc2)cc1. The number of carbonyl (C=O) groups is 2. The molecule has 2 heterocycles. The highest BCUT2D eigenvalue weighted by molar-refractivity contribution is 6.04. The molecule has 0 spiro atoms. The van der Waals surface area contributed by atoms with Crippen LogP contribution in [0.3, 0.4) is 0 Å². The number of anilines is 1. The zero-order chi connectivity index (χ0) is 20.9. The van der Waals surface area contributed by atoms with Gasteiger partial charge in [0.15, 0.2) is 0 Å². The Morgan fingerprint density at radius 3 is 2.60 bits per heavy atom. The summed E-state index contributed by atoms with van der Waals surface area (Å²) in [5.74, 6) is 0.437. The Morgan fingerprint density at radius 2 is 1.83 bits per heavy atom. The van der Waals surface area contributed by atoms with Crippen molar-refractivity contribution in [3.05, 3.63) is 71.7 Å². The lowest BCUT2D eigenvalue weighted by Crippen LogP contribution is -2.40. The van der Waals surface area contributed by atoms with Crippen LogP contribution in [0.2, 0.25) is 0 Å². The van der Waals surface area contributed by atoms with E-state index in [0.717, 1.165) is 24.9 Å². The Balaban J connectivity index is 1.37. The number of carbonyl (C=O) groups excluding carboxylic acids is 2. The number of pyridine rings is 1. The van der Waals surface area contributed by atoms with E-state index >= 15 is 0 Å². The number of likely N-dealkylation sites (tertiary alicyclic amines) is 1. The van der Waals surface area contributed by atoms with Gasteiger partial charge in [-0.2, -0.15) is 0 Å². The normalized spacial score (nSPS) is 19.4. The van der Waals surface area contributed by atoms with Gasteiger partial charge in [0.2, 0.25) is 5.91 Å². The van der Waals surface area contributed by atoms with Crippen molar-refractivity contribution >= 4 is 17.5 Å². The Hall–Kier alpha value is -2.99. The first-order valence-electron chi connectivity index (χ1n) is 10.7. The van der Waals surface area contributed by atoms with E-state index in [-0.39, 0.29) is 24.3 Å². The van der Waals surface area contributed by atoms with Crippen molar-refractivity contribution in [3.63, 3.8) is 0 Å². The molecular formula is C24H28N4O2. The predicted molar refractivity (Wildman–Crippen MR) is 117 cm³/mol. The molecule has 1 aromatic carbocycles. The maximum Gasteiger partial charge on any atom is 0.255 e. The molecule has 2 unspecified atom stereocenters. The summed E-state index contributed by atoms with van der Waals surface area (Å²) in [6.45, 7) is 0.794. The fourth-order valence-corrected chi connectivity index (χ4v) is 4.38. The number of allylic oxidation sites excluding steroid dienone is 2. The van der Waals surface area contributed by atoms with Gasteiger partial charge in [0.25, 0.3) is 5.91 Å². The van der Waals surface area contributed by atoms with Gasteiger partial charge in [0.05, 0.1) is 0 Å². The Bertz CT molecular complexity index is 924. The molecule has 156 valence electrons. The van der Waals surface area contributed by atoms with Crippen LogP contribution in [-0.2, 0) is 4.79 Å². The minimum Gasteiger partial charge on any atom is -0.324 e. The fraction of sp³-hybridized carbons (Fsp3) is 0.375. The molecule has 6 heteroatoms. The smallest absolute Gasteiger partial charge is 0.255 e. The minimum atomic E-state index is -0.389. The second kappa shape index (κ2) is 9.22. The number of hydrogen-bond acceptors (Lipinski definition) is 4. The number of piperidine rings is 1. The maximum absolute atomic E-state index is 13.0. The number of nitrogens with two attached hydrogens (primary N) is 1. The molecule has 2 amide bonds. The summed E-state index contributed by atoms with van der Waals surface area (Å²) in [7, 11) is 0. The third-order valence-electron chi connectivity index (χ3n) is 6.01. The van der Waals surface area contributed by atoms with Gasteiger partial charge >= 0.3 is 0 Å². The van der Waals surface area contributed by atoms with Crippen LogP contribution >= 0.6 is 0 Å². The van der Waals surface area contributed by atoms with Gasteiger partial charge < -0.3 is 16.0 Å². The molecule has 4 rings (SSSR count). The molecule has 30 heavy (non-hydrogen) atoms. The van der Waals surface area contributed by atoms with Crippen molar-refractivity contribution in [2.24, 2.45) is 11.7 Å². The number of amides is 2. The van der Waals surface area contributed by atoms with Crippen LogP contribution in [0.25, 0.3) is 0 Å². The van der Waals surface area contributed by atoms with E-state index in [2.05, 4.69) is 16.4 Å². The van der Waals surface area contributed by atoms with Crippen LogP contribution in [0, 0.1) is 5.92 Å². The van der Waals surface area contributed by atoms with Crippen molar-refractivity contribution in [1.29, 1.82) is 0 Å². The molecule has 2 aromatic rings. The lowest BCUT2D eigenvalue weighted by molar-refractivity contribution is -0.131. The molecule has 6 nitrogen and oxygen atoms in total. The summed E-state index contributed by atoms with van der Waals surface area (Å²) in [5.41, 5.74) is 9.65. The monoisotopic (exact) mass is 404 g/mol. The molecule has 0 bridgehead atoms. The van der Waals surface area contributed by atoms with E-state index in [9.17, 15) is 9.59 Å². The molecule has 2 atom stereocenters. The number of nitrogens with one attached hydrogen (secondary N) is 1. The van der Waals surface area contributed by atoms with Gasteiger partial charge in [-0.3, -0.25) is 14.6 Å². The molecule has 1 fully saturated rings. The number of aromatic nitrogens is 1. The number of hydrogen-bond donors (Lipinski definition) is 2. The quantitative estimate of drug-likeness (QED) is 0.787. The van der Waals surface area contributed by atoms with E-state index < -0.39 is 0 Å². The Morgan fingerprint density at radius 1 is 1.10 bits per heavy atom. The van der Waals surface area contributed by atoms with Crippen molar-refractivity contribution in [2.75, 3.05) is 11.9 Å². The third kappa shape index (κ3) is 4.60. The lowest BCUT2D eigenvalue weighted by atomic mass is 9.84. The summed E-state index contributed by atoms with van der Waals surface area (Å²) < 4.78 is 0. The molecule has 1 saturated heterocycles. The Labute approximate surface area is 177 Å². The first-order valence-corrected chi connectivity index (χ1v) is 10.7. The van der Waals surface area contributed by atoms with Gasteiger partial charge in [0.1, 0.15) is 0 Å². The van der Waals surface area contributed by atoms with Crippen LogP contribution in [-0.4, -0.2) is 28.2 Å². The second-order valence-electron chi connectivity index (χ2n) is 8.07. The second-order valence-corrected chi connectivity index (χ2v) is 8.07. The zero-order valence-electron chi connectivity index (χ0n) is 17.1. The van der Waals surface area contributed by atoms with Crippen LogP contribution in [0.4, 0.5) is 5.69 Å². The van der Waals surface area contributed by atoms with Crippen molar-refractivity contribution in [1.82, 2.24) is 9.88 Å². The summed E-state index contributed by atoms with van der Waals surface area (Å²) in [6.07, 6.45) is 11.5. The highest BCUT2D eigenvalue weighted by atomic mass is 16.2. The lowest BCUT2D eigenvalue weighted by Gasteiger charge is -2.38. The number of fused-ring (bicyclic) bond motifs is 1. The number of rotatable bonds is 5. The fourth-order valence-electron chi connectivity index (χ4n) is 4.38. The van der Waals surface area contributed by atoms with E-state index in [1.165, 1.54) is 25.0 Å². The highest BCUT2D eigenvalue weighted by Crippen LogP contribution is 2.35. The van der Waals surface area contributed by atoms with Crippen LogP contribution in [0.15, 0.2) is 60.6 Å². The number of nitrogens with zero attached hydrogens (tertiary/aromatic N) is 2. The number of benzene rings is 1. The summed E-state index contributed by atoms with van der Waals surface area (Å²) in [5, 5.41) is 2.83. The molecule has 0 saturated carbocycles. The van der Waals surface area contributed by atoms with E-state index in [1.54, 1.807) is 36.7 Å². The van der Waals surface area contributed by atoms with Gasteiger partial charge in [-0.25, -0.2) is 0 Å². The zero-order valence-corrected chi connectivity index (χ0v) is 17.1. The van der Waals surface area contributed by atoms with Crippen molar-refractivity contribution < 1.29 is 9.59 Å². The third-order valence-corrected chi connectivity index (χ3v) is 6.01. The largest absolute Gasteiger partial charge is 0.324 e. The molecule has 0 radical (unpaired) electrons. The van der Waals surface area contributed by atoms with E-state index in [4.69, 9.17) is 5.73 Å². The maximum atomic E-state index is 13.0. The van der Waals surface area contributed by atoms with Crippen molar-refractivity contribution in [2.45, 2.75) is 44.6 Å². The van der Waals surface area contributed by atoms with Crippen LogP contribution < -0.4 is 11.1 Å². The van der Waals surface area contributed by atoms with Gasteiger partial charge in [0, 0.05) is 48.3 Å². The summed E-state index contributed by atoms with van der Waals surface area (Å²) in [4.78, 5) is 31.2. The molecular weight excluding hydrogens is 376 g/mol. The van der Waals surface area contributed by atoms with E-state index in [0.29, 0.717) is 17.2 Å². The first-order chi connectivity index (χ1) is 14.6. The molecule has 1 aliphatic heterocycles. The van der Waals surface area contributed by atoms with E-state index in [1.807, 2.05) is 17.0 Å². The van der Waals surface area contributed by atoms with Gasteiger partial charge in [-0.15, -0.1) is 0 Å². The highest BCUT2D eigenvalue weighted by Gasteiger charge is 2.30. The summed E-state index contributed by atoms with van der Waals surface area (Å²) in [6, 6.07) is 10.2. The first kappa shape index (κ1) is 20.3. The summed E-state index contributed by atoms with van der Waals surface area (Å²) >= 11 is 0. The molecule has 1 aromatic heterocycles. The minimum absolute atomic E-state index is 0.0971. The topological polar surface area (TPSA) is 88.3 Å². The van der Waals surface area contributed by atoms with Crippen LogP contribution in [0.1, 0.15) is 60.5 Å². The molecule has 1 aliphatic carbocycles. The van der Waals surface area contributed by atoms with Gasteiger partial charge in [-0.05, 0) is 67.9 Å². The standard InChI is InChI=1S/C24H28N4O2/c25-21(16-23(29)28-15-3-5-18-4-1-2-6-22(18)28)17-7-9-19(10-8-17)24(30)27-20-11-13-26-14-12-20/h6-14,18,21H,1-5,15-16,25H2,(H,26,27,30). The molecule has 2 aliphatic rings. The predicted octanol–water partition coefficient (Wildman–Crippen LogP) is 4.03.